The summed E-state index contributed by atoms with van der Waals surface area (Å²) in [4.78, 5) is 5.18. The first-order valence-electron chi connectivity index (χ1n) is 7.39. The number of ether oxygens (including phenoxy) is 1. The molecule has 0 saturated carbocycles. The first kappa shape index (κ1) is 12.8. The molecule has 3 aliphatic rings. The summed E-state index contributed by atoms with van der Waals surface area (Å²) in [6, 6.07) is 0. The van der Waals surface area contributed by atoms with Gasteiger partial charge in [-0.2, -0.15) is 0 Å². The van der Waals surface area contributed by atoms with E-state index in [1.54, 1.807) is 0 Å². The molecule has 1 N–H and O–H groups in total. The molecule has 3 aliphatic heterocycles. The zero-order valence-electron chi connectivity index (χ0n) is 11.2. The van der Waals surface area contributed by atoms with Crippen molar-refractivity contribution in [2.75, 3.05) is 59.0 Å². The molecule has 103 valence electrons. The van der Waals surface area contributed by atoms with Crippen molar-refractivity contribution in [3.8, 4) is 0 Å². The largest absolute Gasteiger partial charge is 0.379 e. The minimum absolute atomic E-state index is 0.00979. The Balaban J connectivity index is 1.77. The molecule has 5 heteroatoms. The van der Waals surface area contributed by atoms with Gasteiger partial charge in [-0.15, -0.1) is 0 Å². The molecule has 5 nitrogen and oxygen atoms in total. The van der Waals surface area contributed by atoms with Crippen molar-refractivity contribution in [3.05, 3.63) is 0 Å². The molecule has 1 unspecified atom stereocenters. The molecule has 3 rings (SSSR count). The number of nitrogens with one attached hydrogen (secondary N) is 1. The third-order valence-corrected chi connectivity index (χ3v) is 4.43. The number of piperazine rings is 1. The summed E-state index contributed by atoms with van der Waals surface area (Å²) in [6.07, 6.45) is 3.77. The van der Waals surface area contributed by atoms with Crippen LogP contribution in [0.4, 0.5) is 0 Å². The van der Waals surface area contributed by atoms with Crippen LogP contribution in [0.1, 0.15) is 19.3 Å². The maximum atomic E-state index is 5.51. The second-order valence-electron chi connectivity index (χ2n) is 5.45. The fraction of sp³-hybridized carbons (Fsp3) is 1.00. The van der Waals surface area contributed by atoms with Crippen LogP contribution in [0.15, 0.2) is 0 Å². The molecule has 0 spiro atoms. The fourth-order valence-corrected chi connectivity index (χ4v) is 3.47. The Kier molecular flexibility index (Phi) is 4.16. The summed E-state index contributed by atoms with van der Waals surface area (Å²) < 4.78 is 5.51. The van der Waals surface area contributed by atoms with E-state index >= 15 is 0 Å². The van der Waals surface area contributed by atoms with Crippen LogP contribution >= 0.6 is 0 Å². The minimum atomic E-state index is -0.00979. The molecule has 0 aromatic rings. The zero-order valence-corrected chi connectivity index (χ0v) is 11.2. The van der Waals surface area contributed by atoms with Gasteiger partial charge in [0.15, 0.2) is 0 Å². The van der Waals surface area contributed by atoms with Gasteiger partial charge in [0.05, 0.1) is 13.2 Å². The zero-order chi connectivity index (χ0) is 12.3. The standard InChI is InChI=1S/C13H25N4O/c1-2-4-15-13(3-1,16-7-5-14-6-8-16)17-9-11-18-12-10-17/h14H,1-12H2. The van der Waals surface area contributed by atoms with Gasteiger partial charge in [-0.25, -0.2) is 5.32 Å². The third kappa shape index (κ3) is 2.42. The molecular weight excluding hydrogens is 228 g/mol. The van der Waals surface area contributed by atoms with Crippen molar-refractivity contribution in [2.24, 2.45) is 0 Å². The van der Waals surface area contributed by atoms with E-state index in [0.717, 1.165) is 59.0 Å². The second kappa shape index (κ2) is 5.84. The summed E-state index contributed by atoms with van der Waals surface area (Å²) in [5.41, 5.74) is 0. The number of rotatable bonds is 2. The van der Waals surface area contributed by atoms with E-state index in [2.05, 4.69) is 15.1 Å². The highest BCUT2D eigenvalue weighted by molar-refractivity contribution is 4.93. The van der Waals surface area contributed by atoms with Gasteiger partial charge < -0.3 is 10.1 Å². The van der Waals surface area contributed by atoms with Gasteiger partial charge in [0.25, 0.3) is 0 Å². The maximum absolute atomic E-state index is 5.51. The maximum Gasteiger partial charge on any atom is 0.144 e. The Labute approximate surface area is 110 Å². The fourth-order valence-electron chi connectivity index (χ4n) is 3.47. The average molecular weight is 253 g/mol. The minimum Gasteiger partial charge on any atom is -0.379 e. The lowest BCUT2D eigenvalue weighted by atomic mass is 10.0. The summed E-state index contributed by atoms with van der Waals surface area (Å²) in [5, 5.41) is 8.52. The van der Waals surface area contributed by atoms with Crippen molar-refractivity contribution < 1.29 is 4.74 Å². The van der Waals surface area contributed by atoms with E-state index < -0.39 is 0 Å². The van der Waals surface area contributed by atoms with Gasteiger partial charge in [-0.1, -0.05) is 0 Å². The summed E-state index contributed by atoms with van der Waals surface area (Å²) in [6.45, 7) is 9.28. The molecule has 3 saturated heterocycles. The van der Waals surface area contributed by atoms with E-state index in [0.29, 0.717) is 0 Å². The third-order valence-electron chi connectivity index (χ3n) is 4.43. The number of piperidine rings is 1. The van der Waals surface area contributed by atoms with Crippen molar-refractivity contribution in [1.82, 2.24) is 20.4 Å². The van der Waals surface area contributed by atoms with E-state index in [9.17, 15) is 0 Å². The number of hydrogen-bond donors (Lipinski definition) is 1. The lowest BCUT2D eigenvalue weighted by Gasteiger charge is -2.54. The van der Waals surface area contributed by atoms with Crippen LogP contribution in [-0.4, -0.2) is 74.6 Å². The Bertz CT molecular complexity index is 236. The number of morpholine rings is 1. The highest BCUT2D eigenvalue weighted by Crippen LogP contribution is 2.30. The number of nitrogens with zero attached hydrogens (tertiary/aromatic N) is 3. The van der Waals surface area contributed by atoms with Crippen LogP contribution < -0.4 is 10.6 Å². The molecule has 3 fully saturated rings. The van der Waals surface area contributed by atoms with Gasteiger partial charge in [-0.3, -0.25) is 9.80 Å². The SMILES string of the molecule is C1CCC(N2CCNCC2)(N2CCOCC2)[N]C1. The number of hydrogen-bond acceptors (Lipinski definition) is 4. The molecular formula is C13H25N4O. The summed E-state index contributed by atoms with van der Waals surface area (Å²) >= 11 is 0. The van der Waals surface area contributed by atoms with E-state index in [4.69, 9.17) is 10.1 Å². The van der Waals surface area contributed by atoms with E-state index in [1.807, 2.05) is 0 Å². The van der Waals surface area contributed by atoms with Crippen LogP contribution in [0.5, 0.6) is 0 Å². The molecule has 0 aromatic heterocycles. The first-order valence-corrected chi connectivity index (χ1v) is 7.39. The molecule has 1 radical (unpaired) electrons. The van der Waals surface area contributed by atoms with E-state index in [1.165, 1.54) is 19.3 Å². The van der Waals surface area contributed by atoms with Gasteiger partial charge in [-0.05, 0) is 19.3 Å². The molecule has 0 aliphatic carbocycles. The molecule has 3 heterocycles. The molecule has 0 amide bonds. The van der Waals surface area contributed by atoms with Gasteiger partial charge >= 0.3 is 0 Å². The van der Waals surface area contributed by atoms with Gasteiger partial charge in [0.1, 0.15) is 5.79 Å². The van der Waals surface area contributed by atoms with Crippen LogP contribution in [0.2, 0.25) is 0 Å². The van der Waals surface area contributed by atoms with E-state index in [-0.39, 0.29) is 5.79 Å². The Morgan fingerprint density at radius 2 is 1.67 bits per heavy atom. The van der Waals surface area contributed by atoms with Gasteiger partial charge in [0, 0.05) is 45.8 Å². The summed E-state index contributed by atoms with van der Waals surface area (Å²) in [7, 11) is 0. The monoisotopic (exact) mass is 253 g/mol. The highest BCUT2D eigenvalue weighted by Gasteiger charge is 2.44. The average Bonchev–Trinajstić information content (AvgIpc) is 2.50. The van der Waals surface area contributed by atoms with Gasteiger partial charge in [0.2, 0.25) is 0 Å². The molecule has 0 aromatic carbocycles. The Hall–Kier alpha value is -0.200. The first-order chi connectivity index (χ1) is 8.92. The quantitative estimate of drug-likeness (QED) is 0.731. The lowest BCUT2D eigenvalue weighted by molar-refractivity contribution is -0.139. The van der Waals surface area contributed by atoms with Crippen LogP contribution in [0, 0.1) is 0 Å². The smallest absolute Gasteiger partial charge is 0.144 e. The van der Waals surface area contributed by atoms with Crippen LogP contribution in [0.25, 0.3) is 0 Å². The topological polar surface area (TPSA) is 41.8 Å². The molecule has 1 atom stereocenters. The van der Waals surface area contributed by atoms with Crippen LogP contribution in [0.3, 0.4) is 0 Å². The van der Waals surface area contributed by atoms with Crippen molar-refractivity contribution in [2.45, 2.75) is 25.0 Å². The predicted molar refractivity (Wildman–Crippen MR) is 70.4 cm³/mol. The lowest BCUT2D eigenvalue weighted by Crippen LogP contribution is -2.71. The Morgan fingerprint density at radius 3 is 2.33 bits per heavy atom. The Morgan fingerprint density at radius 1 is 0.944 bits per heavy atom. The molecule has 0 bridgehead atoms. The predicted octanol–water partition coefficient (Wildman–Crippen LogP) is -0.334. The van der Waals surface area contributed by atoms with Crippen LogP contribution in [-0.2, 0) is 4.74 Å². The van der Waals surface area contributed by atoms with Crippen molar-refractivity contribution in [3.63, 3.8) is 0 Å². The second-order valence-corrected chi connectivity index (χ2v) is 5.45. The highest BCUT2D eigenvalue weighted by atomic mass is 16.5. The normalized spacial score (nSPS) is 36.7. The molecule has 18 heavy (non-hydrogen) atoms. The summed E-state index contributed by atoms with van der Waals surface area (Å²) in [5.74, 6) is -0.00979. The van der Waals surface area contributed by atoms with Crippen molar-refractivity contribution >= 4 is 0 Å². The van der Waals surface area contributed by atoms with Crippen molar-refractivity contribution in [1.29, 1.82) is 0 Å².